The highest BCUT2D eigenvalue weighted by Crippen LogP contribution is 2.16. The first-order chi connectivity index (χ1) is 9.99. The smallest absolute Gasteiger partial charge is 0.240 e. The van der Waals surface area contributed by atoms with Crippen molar-refractivity contribution in [2.24, 2.45) is 5.92 Å². The molecule has 0 aliphatic heterocycles. The van der Waals surface area contributed by atoms with Crippen LogP contribution in [-0.2, 0) is 10.0 Å². The largest absolute Gasteiger partial charge is 0.492 e. The average Bonchev–Trinajstić information content (AvgIpc) is 2.46. The summed E-state index contributed by atoms with van der Waals surface area (Å²) >= 11 is 1.71. The maximum atomic E-state index is 12.1. The lowest BCUT2D eigenvalue weighted by Gasteiger charge is -2.12. The van der Waals surface area contributed by atoms with Crippen LogP contribution < -0.4 is 14.8 Å². The van der Waals surface area contributed by atoms with Gasteiger partial charge in [0, 0.05) is 13.1 Å². The molecule has 1 aromatic carbocycles. The first-order valence-electron chi connectivity index (χ1n) is 6.85. The van der Waals surface area contributed by atoms with Crippen LogP contribution in [0.1, 0.15) is 6.92 Å². The molecule has 0 aromatic heterocycles. The van der Waals surface area contributed by atoms with Crippen molar-refractivity contribution in [2.75, 3.05) is 38.8 Å². The molecule has 0 bridgehead atoms. The van der Waals surface area contributed by atoms with E-state index in [0.717, 1.165) is 12.3 Å². The van der Waals surface area contributed by atoms with Gasteiger partial charge in [0.2, 0.25) is 10.0 Å². The van der Waals surface area contributed by atoms with Crippen molar-refractivity contribution >= 4 is 21.8 Å². The Hall–Kier alpha value is -0.760. The van der Waals surface area contributed by atoms with Gasteiger partial charge >= 0.3 is 0 Å². The Bertz CT molecular complexity index is 503. The molecular weight excluding hydrogens is 308 g/mol. The molecule has 0 fully saturated rings. The van der Waals surface area contributed by atoms with Crippen LogP contribution in [-0.4, -0.2) is 47.2 Å². The lowest BCUT2D eigenvalue weighted by Crippen LogP contribution is -2.29. The Labute approximate surface area is 131 Å². The second kappa shape index (κ2) is 9.30. The van der Waals surface area contributed by atoms with E-state index in [0.29, 0.717) is 24.8 Å². The minimum atomic E-state index is -3.44. The molecule has 0 heterocycles. The third-order valence-corrected chi connectivity index (χ3v) is 5.17. The molecule has 0 spiro atoms. The van der Waals surface area contributed by atoms with Gasteiger partial charge in [0.25, 0.3) is 0 Å². The van der Waals surface area contributed by atoms with Gasteiger partial charge in [0.05, 0.1) is 4.90 Å². The van der Waals surface area contributed by atoms with Crippen LogP contribution in [0.5, 0.6) is 5.75 Å². The molecule has 1 aromatic rings. The van der Waals surface area contributed by atoms with Gasteiger partial charge in [-0.15, -0.1) is 0 Å². The summed E-state index contributed by atoms with van der Waals surface area (Å²) in [4.78, 5) is 0.264. The van der Waals surface area contributed by atoms with Crippen LogP contribution in [0.3, 0.4) is 0 Å². The van der Waals surface area contributed by atoms with Gasteiger partial charge in [0.15, 0.2) is 0 Å². The number of sulfonamides is 1. The summed E-state index contributed by atoms with van der Waals surface area (Å²) < 4.78 is 32.4. The van der Waals surface area contributed by atoms with Gasteiger partial charge in [-0.1, -0.05) is 6.92 Å². The topological polar surface area (TPSA) is 67.4 Å². The number of hydrogen-bond acceptors (Lipinski definition) is 5. The molecule has 1 unspecified atom stereocenters. The van der Waals surface area contributed by atoms with E-state index in [4.69, 9.17) is 4.74 Å². The zero-order valence-electron chi connectivity index (χ0n) is 12.8. The second-order valence-corrected chi connectivity index (χ2v) is 7.51. The summed E-state index contributed by atoms with van der Waals surface area (Å²) in [6, 6.07) is 6.48. The number of nitrogens with one attached hydrogen (secondary N) is 2. The van der Waals surface area contributed by atoms with Crippen LogP contribution in [0.25, 0.3) is 0 Å². The molecule has 0 saturated carbocycles. The standard InChI is InChI=1S/C14H24N2O3S2/c1-12(11-20-3)10-16-21(17,18)14-6-4-13(5-7-14)19-9-8-15-2/h4-7,12,15-16H,8-11H2,1-3H3. The molecule has 5 nitrogen and oxygen atoms in total. The normalized spacial score (nSPS) is 13.1. The van der Waals surface area contributed by atoms with E-state index < -0.39 is 10.0 Å². The zero-order valence-corrected chi connectivity index (χ0v) is 14.4. The monoisotopic (exact) mass is 332 g/mol. The van der Waals surface area contributed by atoms with Crippen molar-refractivity contribution < 1.29 is 13.2 Å². The third kappa shape index (κ3) is 6.69. The van der Waals surface area contributed by atoms with Crippen molar-refractivity contribution in [1.29, 1.82) is 0 Å². The van der Waals surface area contributed by atoms with Crippen molar-refractivity contribution in [3.05, 3.63) is 24.3 Å². The number of ether oxygens (including phenoxy) is 1. The van der Waals surface area contributed by atoms with Crippen LogP contribution in [0.4, 0.5) is 0 Å². The fourth-order valence-electron chi connectivity index (χ4n) is 1.66. The van der Waals surface area contributed by atoms with Gasteiger partial charge < -0.3 is 10.1 Å². The first kappa shape index (κ1) is 18.3. The van der Waals surface area contributed by atoms with E-state index in [2.05, 4.69) is 10.0 Å². The predicted octanol–water partition coefficient (Wildman–Crippen LogP) is 1.56. The Kier molecular flexibility index (Phi) is 8.10. The maximum Gasteiger partial charge on any atom is 0.240 e. The zero-order chi connectivity index (χ0) is 15.7. The molecule has 21 heavy (non-hydrogen) atoms. The molecule has 1 rings (SSSR count). The van der Waals surface area contributed by atoms with E-state index in [9.17, 15) is 8.42 Å². The molecule has 0 amide bonds. The van der Waals surface area contributed by atoms with Gasteiger partial charge in [-0.2, -0.15) is 11.8 Å². The highest BCUT2D eigenvalue weighted by atomic mass is 32.2. The summed E-state index contributed by atoms with van der Waals surface area (Å²) in [5.41, 5.74) is 0. The van der Waals surface area contributed by atoms with E-state index in [-0.39, 0.29) is 4.90 Å². The number of likely N-dealkylation sites (N-methyl/N-ethyl adjacent to an activating group) is 1. The molecule has 120 valence electrons. The molecule has 0 radical (unpaired) electrons. The van der Waals surface area contributed by atoms with Crippen LogP contribution >= 0.6 is 11.8 Å². The Morgan fingerprint density at radius 2 is 1.95 bits per heavy atom. The maximum absolute atomic E-state index is 12.1. The van der Waals surface area contributed by atoms with Crippen LogP contribution in [0, 0.1) is 5.92 Å². The third-order valence-electron chi connectivity index (χ3n) is 2.83. The summed E-state index contributed by atoms with van der Waals surface area (Å²) in [5, 5.41) is 2.98. The first-order valence-corrected chi connectivity index (χ1v) is 9.73. The van der Waals surface area contributed by atoms with Crippen molar-refractivity contribution in [1.82, 2.24) is 10.0 Å². The molecule has 0 aliphatic rings. The second-order valence-electron chi connectivity index (χ2n) is 4.84. The molecule has 7 heteroatoms. The average molecular weight is 332 g/mol. The number of thioether (sulfide) groups is 1. The number of rotatable bonds is 10. The predicted molar refractivity (Wildman–Crippen MR) is 88.6 cm³/mol. The Morgan fingerprint density at radius 1 is 1.29 bits per heavy atom. The van der Waals surface area contributed by atoms with Gasteiger partial charge in [-0.25, -0.2) is 13.1 Å². The molecular formula is C14H24N2O3S2. The summed E-state index contributed by atoms with van der Waals surface area (Å²) in [5.74, 6) is 1.90. The van der Waals surface area contributed by atoms with Gasteiger partial charge in [-0.05, 0) is 49.2 Å². The highest BCUT2D eigenvalue weighted by molar-refractivity contribution is 7.98. The van der Waals surface area contributed by atoms with Crippen LogP contribution in [0.2, 0.25) is 0 Å². The number of hydrogen-bond donors (Lipinski definition) is 2. The van der Waals surface area contributed by atoms with Crippen LogP contribution in [0.15, 0.2) is 29.2 Å². The van der Waals surface area contributed by atoms with Crippen molar-refractivity contribution in [3.63, 3.8) is 0 Å². The minimum Gasteiger partial charge on any atom is -0.492 e. The van der Waals surface area contributed by atoms with Crippen molar-refractivity contribution in [3.8, 4) is 5.75 Å². The van der Waals surface area contributed by atoms with E-state index in [1.165, 1.54) is 0 Å². The van der Waals surface area contributed by atoms with Gasteiger partial charge in [0.1, 0.15) is 12.4 Å². The van der Waals surface area contributed by atoms with E-state index >= 15 is 0 Å². The fraction of sp³-hybridized carbons (Fsp3) is 0.571. The molecule has 1 atom stereocenters. The lowest BCUT2D eigenvalue weighted by molar-refractivity contribution is 0.318. The minimum absolute atomic E-state index is 0.264. The number of benzene rings is 1. The summed E-state index contributed by atoms with van der Waals surface area (Å²) in [6.45, 7) is 3.77. The lowest BCUT2D eigenvalue weighted by atomic mass is 10.2. The summed E-state index contributed by atoms with van der Waals surface area (Å²) in [7, 11) is -1.59. The molecule has 2 N–H and O–H groups in total. The Balaban J connectivity index is 2.58. The van der Waals surface area contributed by atoms with E-state index in [1.54, 1.807) is 36.0 Å². The fourth-order valence-corrected chi connectivity index (χ4v) is 3.52. The molecule has 0 saturated heterocycles. The Morgan fingerprint density at radius 3 is 2.52 bits per heavy atom. The highest BCUT2D eigenvalue weighted by Gasteiger charge is 2.15. The molecule has 0 aliphatic carbocycles. The van der Waals surface area contributed by atoms with E-state index in [1.807, 2.05) is 20.2 Å². The summed E-state index contributed by atoms with van der Waals surface area (Å²) in [6.07, 6.45) is 2.01. The van der Waals surface area contributed by atoms with Gasteiger partial charge in [-0.3, -0.25) is 0 Å². The van der Waals surface area contributed by atoms with Crippen molar-refractivity contribution in [2.45, 2.75) is 11.8 Å². The SMILES string of the molecule is CNCCOc1ccc(S(=O)(=O)NCC(C)CSC)cc1. The quantitative estimate of drug-likeness (QED) is 0.637.